The summed E-state index contributed by atoms with van der Waals surface area (Å²) in [5.41, 5.74) is 0.552. The van der Waals surface area contributed by atoms with Gasteiger partial charge in [-0.15, -0.1) is 0 Å². The molecule has 0 aliphatic heterocycles. The van der Waals surface area contributed by atoms with E-state index in [1.807, 2.05) is 36.4 Å². The zero-order valence-corrected chi connectivity index (χ0v) is 11.1. The number of ether oxygens (including phenoxy) is 1. The highest BCUT2D eigenvalue weighted by molar-refractivity contribution is 6.10. The van der Waals surface area contributed by atoms with Gasteiger partial charge in [0.1, 0.15) is 5.92 Å². The van der Waals surface area contributed by atoms with Crippen molar-refractivity contribution in [2.75, 3.05) is 7.11 Å². The van der Waals surface area contributed by atoms with Crippen LogP contribution in [0.3, 0.4) is 0 Å². The zero-order valence-electron chi connectivity index (χ0n) is 11.1. The van der Waals surface area contributed by atoms with Gasteiger partial charge in [-0.05, 0) is 23.3 Å². The van der Waals surface area contributed by atoms with Crippen molar-refractivity contribution in [3.05, 3.63) is 48.0 Å². The summed E-state index contributed by atoms with van der Waals surface area (Å²) in [7, 11) is 1.30. The van der Waals surface area contributed by atoms with Crippen LogP contribution in [0.25, 0.3) is 10.8 Å². The van der Waals surface area contributed by atoms with Gasteiger partial charge in [-0.2, -0.15) is 0 Å². The molecule has 2 aromatic rings. The molecule has 0 bridgehead atoms. The molecule has 0 heterocycles. The Morgan fingerprint density at radius 3 is 2.42 bits per heavy atom. The Balaban J connectivity index is 2.37. The van der Waals surface area contributed by atoms with Crippen molar-refractivity contribution in [2.45, 2.75) is 13.3 Å². The predicted octanol–water partition coefficient (Wildman–Crippen LogP) is 3.22. The van der Waals surface area contributed by atoms with E-state index in [1.54, 1.807) is 13.0 Å². The van der Waals surface area contributed by atoms with Crippen LogP contribution >= 0.6 is 0 Å². The number of Topliss-reactive ketones (excluding diaryl/α,β-unsaturated/α-hetero) is 1. The molecule has 3 nitrogen and oxygen atoms in total. The number of rotatable bonds is 4. The minimum Gasteiger partial charge on any atom is -0.468 e. The second kappa shape index (κ2) is 5.65. The third kappa shape index (κ3) is 2.65. The van der Waals surface area contributed by atoms with Gasteiger partial charge in [0.25, 0.3) is 0 Å². The van der Waals surface area contributed by atoms with E-state index >= 15 is 0 Å². The van der Waals surface area contributed by atoms with Gasteiger partial charge in [-0.25, -0.2) is 0 Å². The lowest BCUT2D eigenvalue weighted by Gasteiger charge is -2.11. The molecule has 0 aliphatic carbocycles. The number of hydrogen-bond donors (Lipinski definition) is 0. The van der Waals surface area contributed by atoms with Gasteiger partial charge >= 0.3 is 5.97 Å². The van der Waals surface area contributed by atoms with Crippen LogP contribution in [0.5, 0.6) is 0 Å². The summed E-state index contributed by atoms with van der Waals surface area (Å²) < 4.78 is 4.67. The minimum atomic E-state index is -0.717. The lowest BCUT2D eigenvalue weighted by atomic mass is 9.94. The van der Waals surface area contributed by atoms with E-state index in [-0.39, 0.29) is 5.78 Å². The molecule has 1 unspecified atom stereocenters. The lowest BCUT2D eigenvalue weighted by Crippen LogP contribution is -2.24. The van der Waals surface area contributed by atoms with E-state index in [9.17, 15) is 9.59 Å². The Labute approximate surface area is 112 Å². The first-order chi connectivity index (χ1) is 9.17. The number of ketones is 1. The maximum absolute atomic E-state index is 12.3. The van der Waals surface area contributed by atoms with Crippen molar-refractivity contribution in [3.63, 3.8) is 0 Å². The number of fused-ring (bicyclic) bond motifs is 1. The molecule has 2 rings (SSSR count). The quantitative estimate of drug-likeness (QED) is 0.479. The first kappa shape index (κ1) is 13.3. The summed E-state index contributed by atoms with van der Waals surface area (Å²) in [5, 5.41) is 2.07. The van der Waals surface area contributed by atoms with Crippen LogP contribution in [0.4, 0.5) is 0 Å². The first-order valence-electron chi connectivity index (χ1n) is 6.28. The molecule has 3 heteroatoms. The predicted molar refractivity (Wildman–Crippen MR) is 74.1 cm³/mol. The Morgan fingerprint density at radius 1 is 1.11 bits per heavy atom. The van der Waals surface area contributed by atoms with Crippen LogP contribution < -0.4 is 0 Å². The molecule has 0 saturated carbocycles. The summed E-state index contributed by atoms with van der Waals surface area (Å²) in [6, 6.07) is 13.3. The minimum absolute atomic E-state index is 0.180. The SMILES string of the molecule is CCC(C(=O)OC)C(=O)c1ccc2ccccc2c1. The maximum Gasteiger partial charge on any atom is 0.316 e. The molecule has 0 saturated heterocycles. The van der Waals surface area contributed by atoms with Crippen LogP contribution in [0.1, 0.15) is 23.7 Å². The molecule has 0 fully saturated rings. The number of carbonyl (C=O) groups is 2. The first-order valence-corrected chi connectivity index (χ1v) is 6.28. The molecule has 0 aromatic heterocycles. The summed E-state index contributed by atoms with van der Waals surface area (Å²) in [5.74, 6) is -1.37. The molecular weight excluding hydrogens is 240 g/mol. The maximum atomic E-state index is 12.3. The monoisotopic (exact) mass is 256 g/mol. The van der Waals surface area contributed by atoms with E-state index in [4.69, 9.17) is 0 Å². The molecule has 0 spiro atoms. The lowest BCUT2D eigenvalue weighted by molar-refractivity contribution is -0.143. The Hall–Kier alpha value is -2.16. The fourth-order valence-corrected chi connectivity index (χ4v) is 2.15. The van der Waals surface area contributed by atoms with Crippen LogP contribution in [0.15, 0.2) is 42.5 Å². The van der Waals surface area contributed by atoms with Gasteiger partial charge in [0.05, 0.1) is 7.11 Å². The largest absolute Gasteiger partial charge is 0.468 e. The molecule has 0 N–H and O–H groups in total. The average molecular weight is 256 g/mol. The molecule has 0 aliphatic rings. The second-order valence-electron chi connectivity index (χ2n) is 4.41. The van der Waals surface area contributed by atoms with Gasteiger partial charge < -0.3 is 4.74 Å². The fraction of sp³-hybridized carbons (Fsp3) is 0.250. The van der Waals surface area contributed by atoms with Gasteiger partial charge in [-0.1, -0.05) is 43.3 Å². The molecular formula is C16H16O3. The van der Waals surface area contributed by atoms with Crippen molar-refractivity contribution in [3.8, 4) is 0 Å². The fourth-order valence-electron chi connectivity index (χ4n) is 2.15. The van der Waals surface area contributed by atoms with Gasteiger partial charge in [0.2, 0.25) is 0 Å². The number of carbonyl (C=O) groups excluding carboxylic acids is 2. The van der Waals surface area contributed by atoms with Gasteiger partial charge in [-0.3, -0.25) is 9.59 Å². The van der Waals surface area contributed by atoms with Crippen LogP contribution in [0.2, 0.25) is 0 Å². The molecule has 0 radical (unpaired) electrons. The highest BCUT2D eigenvalue weighted by Crippen LogP contribution is 2.19. The van der Waals surface area contributed by atoms with Crippen LogP contribution in [-0.4, -0.2) is 18.9 Å². The number of esters is 1. The van der Waals surface area contributed by atoms with E-state index in [0.717, 1.165) is 10.8 Å². The van der Waals surface area contributed by atoms with E-state index in [2.05, 4.69) is 4.74 Å². The average Bonchev–Trinajstić information content (AvgIpc) is 2.47. The van der Waals surface area contributed by atoms with E-state index in [0.29, 0.717) is 12.0 Å². The number of hydrogen-bond acceptors (Lipinski definition) is 3. The van der Waals surface area contributed by atoms with E-state index < -0.39 is 11.9 Å². The number of methoxy groups -OCH3 is 1. The summed E-state index contributed by atoms with van der Waals surface area (Å²) in [6.07, 6.45) is 0.443. The Kier molecular flexibility index (Phi) is 3.95. The highest BCUT2D eigenvalue weighted by atomic mass is 16.5. The molecule has 1 atom stereocenters. The highest BCUT2D eigenvalue weighted by Gasteiger charge is 2.26. The molecule has 19 heavy (non-hydrogen) atoms. The zero-order chi connectivity index (χ0) is 13.8. The van der Waals surface area contributed by atoms with Crippen molar-refractivity contribution >= 4 is 22.5 Å². The Bertz CT molecular complexity index is 616. The topological polar surface area (TPSA) is 43.4 Å². The van der Waals surface area contributed by atoms with E-state index in [1.165, 1.54) is 7.11 Å². The van der Waals surface area contributed by atoms with Gasteiger partial charge in [0.15, 0.2) is 5.78 Å². The molecule has 98 valence electrons. The van der Waals surface area contributed by atoms with Crippen molar-refractivity contribution in [1.29, 1.82) is 0 Å². The third-order valence-corrected chi connectivity index (χ3v) is 3.24. The molecule has 0 amide bonds. The summed E-state index contributed by atoms with van der Waals surface area (Å²) in [6.45, 7) is 1.81. The summed E-state index contributed by atoms with van der Waals surface area (Å²) >= 11 is 0. The third-order valence-electron chi connectivity index (χ3n) is 3.24. The second-order valence-corrected chi connectivity index (χ2v) is 4.41. The van der Waals surface area contributed by atoms with Gasteiger partial charge in [0, 0.05) is 5.56 Å². The van der Waals surface area contributed by atoms with Crippen molar-refractivity contribution in [1.82, 2.24) is 0 Å². The van der Waals surface area contributed by atoms with Crippen LogP contribution in [-0.2, 0) is 9.53 Å². The van der Waals surface area contributed by atoms with Crippen molar-refractivity contribution < 1.29 is 14.3 Å². The standard InChI is InChI=1S/C16H16O3/c1-3-14(16(18)19-2)15(17)13-9-8-11-6-4-5-7-12(11)10-13/h4-10,14H,3H2,1-2H3. The smallest absolute Gasteiger partial charge is 0.316 e. The van der Waals surface area contributed by atoms with Crippen LogP contribution in [0, 0.1) is 5.92 Å². The number of benzene rings is 2. The van der Waals surface area contributed by atoms with Crippen molar-refractivity contribution in [2.24, 2.45) is 5.92 Å². The summed E-state index contributed by atoms with van der Waals surface area (Å²) in [4.78, 5) is 23.9. The molecule has 2 aromatic carbocycles. The Morgan fingerprint density at radius 2 is 1.79 bits per heavy atom. The normalized spacial score (nSPS) is 12.1.